The van der Waals surface area contributed by atoms with Crippen LogP contribution in [0.15, 0.2) is 62.7 Å². The second-order valence-corrected chi connectivity index (χ2v) is 9.74. The summed E-state index contributed by atoms with van der Waals surface area (Å²) < 4.78 is 5.62. The maximum Gasteiger partial charge on any atom is 0.322 e. The molecule has 2 aromatic carbocycles. The number of carbonyl (C=O) groups is 1. The van der Waals surface area contributed by atoms with Crippen molar-refractivity contribution < 1.29 is 9.21 Å². The summed E-state index contributed by atoms with van der Waals surface area (Å²) in [6.07, 6.45) is 1.19. The molecule has 7 heteroatoms. The standard InChI is InChI=1S/C22H25N3O2S2/c1-15(2)29-19-7-4-6-17(14-19)21-24-25-22(27-21)23-20(26)8-5-13-28-18-11-9-16(3)10-12-18/h4,6-7,9-12,14-15H,5,8,13H2,1-3H3,(H,23,25,26). The van der Waals surface area contributed by atoms with Crippen LogP contribution >= 0.6 is 23.5 Å². The fourth-order valence-corrected chi connectivity index (χ4v) is 4.35. The Balaban J connectivity index is 1.47. The highest BCUT2D eigenvalue weighted by Gasteiger charge is 2.12. The lowest BCUT2D eigenvalue weighted by Gasteiger charge is -2.05. The number of aryl methyl sites for hydroxylation is 1. The molecule has 0 unspecified atom stereocenters. The van der Waals surface area contributed by atoms with Gasteiger partial charge in [-0.05, 0) is 49.4 Å². The molecule has 1 amide bonds. The third-order valence-corrected chi connectivity index (χ3v) is 6.06. The number of hydrogen-bond donors (Lipinski definition) is 1. The van der Waals surface area contributed by atoms with E-state index in [-0.39, 0.29) is 11.9 Å². The third kappa shape index (κ3) is 6.94. The molecular weight excluding hydrogens is 402 g/mol. The van der Waals surface area contributed by atoms with Gasteiger partial charge in [0.2, 0.25) is 11.8 Å². The number of hydrogen-bond acceptors (Lipinski definition) is 6. The molecule has 1 N–H and O–H groups in total. The maximum absolute atomic E-state index is 12.1. The minimum atomic E-state index is -0.117. The topological polar surface area (TPSA) is 68.0 Å². The molecule has 0 bridgehead atoms. The number of aromatic nitrogens is 2. The van der Waals surface area contributed by atoms with Gasteiger partial charge in [0.15, 0.2) is 0 Å². The van der Waals surface area contributed by atoms with Gasteiger partial charge in [-0.25, -0.2) is 0 Å². The molecular formula is C22H25N3O2S2. The molecule has 152 valence electrons. The van der Waals surface area contributed by atoms with Crippen LogP contribution < -0.4 is 5.32 Å². The monoisotopic (exact) mass is 427 g/mol. The molecule has 0 aliphatic carbocycles. The van der Waals surface area contributed by atoms with Crippen LogP contribution in [0.5, 0.6) is 0 Å². The maximum atomic E-state index is 12.1. The molecule has 0 fully saturated rings. The van der Waals surface area contributed by atoms with Crippen LogP contribution in [0.2, 0.25) is 0 Å². The molecule has 3 rings (SSSR count). The number of benzene rings is 2. The quantitative estimate of drug-likeness (QED) is 0.331. The van der Waals surface area contributed by atoms with Gasteiger partial charge < -0.3 is 4.42 Å². The lowest BCUT2D eigenvalue weighted by Crippen LogP contribution is -2.11. The zero-order chi connectivity index (χ0) is 20.6. The van der Waals surface area contributed by atoms with E-state index in [1.807, 2.05) is 18.2 Å². The minimum Gasteiger partial charge on any atom is -0.403 e. The Labute approximate surface area is 180 Å². The van der Waals surface area contributed by atoms with Crippen LogP contribution in [0.25, 0.3) is 11.5 Å². The smallest absolute Gasteiger partial charge is 0.322 e. The number of anilines is 1. The van der Waals surface area contributed by atoms with E-state index >= 15 is 0 Å². The van der Waals surface area contributed by atoms with Gasteiger partial charge in [-0.1, -0.05) is 42.7 Å². The lowest BCUT2D eigenvalue weighted by molar-refractivity contribution is -0.116. The van der Waals surface area contributed by atoms with Crippen LogP contribution in [-0.2, 0) is 4.79 Å². The molecule has 0 atom stereocenters. The van der Waals surface area contributed by atoms with Crippen LogP contribution in [0, 0.1) is 6.92 Å². The summed E-state index contributed by atoms with van der Waals surface area (Å²) in [4.78, 5) is 14.5. The van der Waals surface area contributed by atoms with Crippen molar-refractivity contribution in [3.05, 3.63) is 54.1 Å². The minimum absolute atomic E-state index is 0.117. The predicted octanol–water partition coefficient (Wildman–Crippen LogP) is 6.06. The van der Waals surface area contributed by atoms with Crippen molar-refractivity contribution in [2.24, 2.45) is 0 Å². The summed E-state index contributed by atoms with van der Waals surface area (Å²) in [6, 6.07) is 16.5. The second-order valence-electron chi connectivity index (χ2n) is 6.92. The zero-order valence-electron chi connectivity index (χ0n) is 16.8. The highest BCUT2D eigenvalue weighted by molar-refractivity contribution is 8.00. The van der Waals surface area contributed by atoms with Crippen molar-refractivity contribution in [1.82, 2.24) is 10.2 Å². The van der Waals surface area contributed by atoms with Crippen LogP contribution in [-0.4, -0.2) is 27.1 Å². The number of thioether (sulfide) groups is 2. The molecule has 5 nitrogen and oxygen atoms in total. The Kier molecular flexibility index (Phi) is 7.77. The molecule has 29 heavy (non-hydrogen) atoms. The van der Waals surface area contributed by atoms with Gasteiger partial charge in [0.1, 0.15) is 0 Å². The first-order chi connectivity index (χ1) is 14.0. The first-order valence-corrected chi connectivity index (χ1v) is 11.5. The first kappa shape index (κ1) is 21.5. The Hall–Kier alpha value is -2.25. The van der Waals surface area contributed by atoms with Gasteiger partial charge in [-0.15, -0.1) is 28.6 Å². The SMILES string of the molecule is Cc1ccc(SCCCC(=O)Nc2nnc(-c3cccc(SC(C)C)c3)o2)cc1. The van der Waals surface area contributed by atoms with E-state index in [9.17, 15) is 4.79 Å². The number of rotatable bonds is 9. The number of carbonyl (C=O) groups excluding carboxylic acids is 1. The molecule has 0 radical (unpaired) electrons. The highest BCUT2D eigenvalue weighted by atomic mass is 32.2. The number of nitrogens with zero attached hydrogens (tertiary/aromatic N) is 2. The van der Waals surface area contributed by atoms with Crippen molar-refractivity contribution in [2.45, 2.75) is 48.7 Å². The summed E-state index contributed by atoms with van der Waals surface area (Å²) in [6.45, 7) is 6.37. The summed E-state index contributed by atoms with van der Waals surface area (Å²) in [7, 11) is 0. The van der Waals surface area contributed by atoms with Crippen molar-refractivity contribution in [1.29, 1.82) is 0 Å². The Morgan fingerprint density at radius 3 is 2.66 bits per heavy atom. The first-order valence-electron chi connectivity index (χ1n) is 9.59. The molecule has 3 aromatic rings. The van der Waals surface area contributed by atoms with Gasteiger partial charge in [-0.2, -0.15) is 0 Å². The summed E-state index contributed by atoms with van der Waals surface area (Å²) in [5, 5.41) is 11.2. The van der Waals surface area contributed by atoms with Gasteiger partial charge in [0, 0.05) is 27.0 Å². The molecule has 0 saturated carbocycles. The van der Waals surface area contributed by atoms with Gasteiger partial charge in [0.05, 0.1) is 0 Å². The van der Waals surface area contributed by atoms with Crippen molar-refractivity contribution >= 4 is 35.4 Å². The van der Waals surface area contributed by atoms with Crippen LogP contribution in [0.1, 0.15) is 32.3 Å². The van der Waals surface area contributed by atoms with Crippen molar-refractivity contribution in [2.75, 3.05) is 11.1 Å². The predicted molar refractivity (Wildman–Crippen MR) is 120 cm³/mol. The van der Waals surface area contributed by atoms with Crippen molar-refractivity contribution in [3.63, 3.8) is 0 Å². The van der Waals surface area contributed by atoms with E-state index in [1.165, 1.54) is 10.5 Å². The van der Waals surface area contributed by atoms with Gasteiger partial charge >= 0.3 is 6.01 Å². The fourth-order valence-electron chi connectivity index (χ4n) is 2.60. The van der Waals surface area contributed by atoms with E-state index in [0.29, 0.717) is 17.6 Å². The highest BCUT2D eigenvalue weighted by Crippen LogP contribution is 2.28. The third-order valence-electron chi connectivity index (χ3n) is 3.96. The second kappa shape index (κ2) is 10.5. The zero-order valence-corrected chi connectivity index (χ0v) is 18.5. The average molecular weight is 428 g/mol. The molecule has 0 saturated heterocycles. The van der Waals surface area contributed by atoms with Crippen LogP contribution in [0.4, 0.5) is 6.01 Å². The van der Waals surface area contributed by atoms with Gasteiger partial charge in [0.25, 0.3) is 0 Å². The summed E-state index contributed by atoms with van der Waals surface area (Å²) >= 11 is 3.52. The lowest BCUT2D eigenvalue weighted by atomic mass is 10.2. The van der Waals surface area contributed by atoms with Crippen molar-refractivity contribution in [3.8, 4) is 11.5 Å². The molecule has 0 aliphatic rings. The van der Waals surface area contributed by atoms with Crippen LogP contribution in [0.3, 0.4) is 0 Å². The van der Waals surface area contributed by atoms with Gasteiger partial charge in [-0.3, -0.25) is 10.1 Å². The molecule has 0 spiro atoms. The Bertz CT molecular complexity index is 939. The Morgan fingerprint density at radius 2 is 1.90 bits per heavy atom. The van der Waals surface area contributed by atoms with E-state index in [4.69, 9.17) is 4.42 Å². The number of nitrogens with one attached hydrogen (secondary N) is 1. The Morgan fingerprint density at radius 1 is 1.10 bits per heavy atom. The molecule has 1 aromatic heterocycles. The molecule has 1 heterocycles. The normalized spacial score (nSPS) is 11.0. The van der Waals surface area contributed by atoms with E-state index in [1.54, 1.807) is 23.5 Å². The number of amides is 1. The van der Waals surface area contributed by atoms with E-state index < -0.39 is 0 Å². The summed E-state index contributed by atoms with van der Waals surface area (Å²) in [5.41, 5.74) is 2.09. The average Bonchev–Trinajstić information content (AvgIpc) is 3.15. The fraction of sp³-hybridized carbons (Fsp3) is 0.318. The van der Waals surface area contributed by atoms with E-state index in [0.717, 1.165) is 22.6 Å². The molecule has 0 aliphatic heterocycles. The largest absolute Gasteiger partial charge is 0.403 e. The van der Waals surface area contributed by atoms with E-state index in [2.05, 4.69) is 66.6 Å². The summed E-state index contributed by atoms with van der Waals surface area (Å²) in [5.74, 6) is 1.17.